The molecule has 0 aliphatic carbocycles. The van der Waals surface area contributed by atoms with Gasteiger partial charge in [0.15, 0.2) is 17.1 Å². The first-order chi connectivity index (χ1) is 16.7. The summed E-state index contributed by atoms with van der Waals surface area (Å²) in [5, 5.41) is 10.5. The van der Waals surface area contributed by atoms with Crippen LogP contribution in [0.25, 0.3) is 22.1 Å². The van der Waals surface area contributed by atoms with E-state index in [1.807, 2.05) is 0 Å². The number of piperazine rings is 1. The van der Waals surface area contributed by atoms with Crippen molar-refractivity contribution >= 4 is 11.0 Å². The normalized spacial score (nSPS) is 18.6. The van der Waals surface area contributed by atoms with E-state index in [1.165, 1.54) is 49.5 Å². The van der Waals surface area contributed by atoms with E-state index >= 15 is 0 Å². The van der Waals surface area contributed by atoms with Gasteiger partial charge in [-0.2, -0.15) is 13.2 Å². The summed E-state index contributed by atoms with van der Waals surface area (Å²) in [7, 11) is 2.76. The molecule has 0 amide bonds. The maximum atomic E-state index is 14.2. The smallest absolute Gasteiger partial charge is 0.450 e. The molecule has 0 bridgehead atoms. The summed E-state index contributed by atoms with van der Waals surface area (Å²) < 4.78 is 58.4. The zero-order valence-electron chi connectivity index (χ0n) is 19.8. The molecule has 0 saturated carbocycles. The zero-order chi connectivity index (χ0) is 25.3. The molecule has 10 heteroatoms. The lowest BCUT2D eigenvalue weighted by molar-refractivity contribution is -1.02. The SMILES string of the molecule is CC[NH+]1CC[NH+](Cc2c(O)ccc3c(=O)c(-c4ccc(OC)c(OC)c4)c(C(F)(F)F)oc23)CC1. The standard InChI is InChI=1S/C25H27F3N2O5/c1-4-29-9-11-30(12-10-29)14-17-18(31)7-6-16-22(32)21(24(25(26,27)28)35-23(16)17)15-5-8-19(33-2)20(13-15)34-3/h5-8,13,31H,4,9-12,14H2,1-3H3/p+2. The molecule has 1 aliphatic rings. The topological polar surface area (TPSA) is 77.8 Å². The van der Waals surface area contributed by atoms with Gasteiger partial charge in [0.25, 0.3) is 0 Å². The van der Waals surface area contributed by atoms with Gasteiger partial charge in [0, 0.05) is 0 Å². The van der Waals surface area contributed by atoms with Crippen molar-refractivity contribution in [1.29, 1.82) is 0 Å². The number of fused-ring (bicyclic) bond motifs is 1. The summed E-state index contributed by atoms with van der Waals surface area (Å²) in [4.78, 5) is 16.0. The van der Waals surface area contributed by atoms with Crippen LogP contribution in [0, 0.1) is 0 Å². The molecule has 1 aromatic heterocycles. The third kappa shape index (κ3) is 4.81. The second kappa shape index (κ2) is 9.79. The largest absolute Gasteiger partial charge is 0.507 e. The van der Waals surface area contributed by atoms with Gasteiger partial charge in [0.2, 0.25) is 11.2 Å². The van der Waals surface area contributed by atoms with Crippen molar-refractivity contribution in [1.82, 2.24) is 0 Å². The summed E-state index contributed by atoms with van der Waals surface area (Å²) in [5.74, 6) is -1.11. The fraction of sp³-hybridized carbons (Fsp3) is 0.400. The Morgan fingerprint density at radius 1 is 1.00 bits per heavy atom. The summed E-state index contributed by atoms with van der Waals surface area (Å²) in [6, 6.07) is 6.75. The average molecular weight is 495 g/mol. The van der Waals surface area contributed by atoms with Gasteiger partial charge in [0.05, 0.1) is 37.3 Å². The summed E-state index contributed by atoms with van der Waals surface area (Å²) >= 11 is 0. The Labute approximate surface area is 200 Å². The van der Waals surface area contributed by atoms with Crippen LogP contribution < -0.4 is 24.7 Å². The van der Waals surface area contributed by atoms with Crippen LogP contribution in [0.15, 0.2) is 39.5 Å². The van der Waals surface area contributed by atoms with Crippen LogP contribution in [0.3, 0.4) is 0 Å². The monoisotopic (exact) mass is 494 g/mol. The Morgan fingerprint density at radius 2 is 1.66 bits per heavy atom. The van der Waals surface area contributed by atoms with Gasteiger partial charge in [-0.1, -0.05) is 6.07 Å². The number of hydrogen-bond acceptors (Lipinski definition) is 5. The molecule has 35 heavy (non-hydrogen) atoms. The van der Waals surface area contributed by atoms with Gasteiger partial charge in [-0.3, -0.25) is 4.79 Å². The van der Waals surface area contributed by atoms with Crippen molar-refractivity contribution in [2.45, 2.75) is 19.6 Å². The third-order valence-electron chi connectivity index (χ3n) is 6.66. The number of rotatable bonds is 6. The first-order valence-corrected chi connectivity index (χ1v) is 11.5. The molecule has 2 aromatic carbocycles. The van der Waals surface area contributed by atoms with Gasteiger partial charge in [-0.05, 0) is 36.8 Å². The number of phenols is 1. The molecule has 2 heterocycles. The van der Waals surface area contributed by atoms with Crippen molar-refractivity contribution in [3.05, 3.63) is 51.9 Å². The molecule has 0 unspecified atom stereocenters. The van der Waals surface area contributed by atoms with Crippen molar-refractivity contribution < 1.29 is 42.0 Å². The van der Waals surface area contributed by atoms with Crippen molar-refractivity contribution in [3.63, 3.8) is 0 Å². The number of phenolic OH excluding ortho intramolecular Hbond substituents is 1. The zero-order valence-corrected chi connectivity index (χ0v) is 19.8. The van der Waals surface area contributed by atoms with Crippen LogP contribution in [0.4, 0.5) is 13.2 Å². The maximum absolute atomic E-state index is 14.2. The first kappa shape index (κ1) is 24.9. The van der Waals surface area contributed by atoms with E-state index in [0.29, 0.717) is 5.75 Å². The highest BCUT2D eigenvalue weighted by molar-refractivity contribution is 5.87. The number of alkyl halides is 3. The molecule has 1 saturated heterocycles. The predicted octanol–water partition coefficient (Wildman–Crippen LogP) is 1.50. The van der Waals surface area contributed by atoms with Crippen molar-refractivity contribution in [2.24, 2.45) is 0 Å². The molecule has 0 atom stereocenters. The van der Waals surface area contributed by atoms with Gasteiger partial charge in [-0.15, -0.1) is 0 Å². The predicted molar refractivity (Wildman–Crippen MR) is 123 cm³/mol. The van der Waals surface area contributed by atoms with Gasteiger partial charge in [-0.25, -0.2) is 0 Å². The number of nitrogens with one attached hydrogen (secondary N) is 2. The van der Waals surface area contributed by atoms with Crippen molar-refractivity contribution in [3.8, 4) is 28.4 Å². The molecule has 188 valence electrons. The Hall–Kier alpha value is -3.24. The number of hydrogen-bond donors (Lipinski definition) is 3. The summed E-state index contributed by atoms with van der Waals surface area (Å²) in [6.07, 6.45) is -4.94. The van der Waals surface area contributed by atoms with E-state index in [1.54, 1.807) is 0 Å². The molecule has 4 rings (SSSR count). The number of aromatic hydroxyl groups is 1. The second-order valence-electron chi connectivity index (χ2n) is 8.67. The Kier molecular flexibility index (Phi) is 6.95. The fourth-order valence-corrected chi connectivity index (χ4v) is 4.67. The lowest BCUT2D eigenvalue weighted by atomic mass is 9.99. The number of halogens is 3. The van der Waals surface area contributed by atoms with E-state index in [4.69, 9.17) is 13.9 Å². The molecule has 3 aromatic rings. The molecule has 0 spiro atoms. The fourth-order valence-electron chi connectivity index (χ4n) is 4.67. The minimum absolute atomic E-state index is 0.00969. The van der Waals surface area contributed by atoms with Crippen molar-refractivity contribution in [2.75, 3.05) is 46.9 Å². The van der Waals surface area contributed by atoms with Crippen LogP contribution in [0.1, 0.15) is 18.2 Å². The van der Waals surface area contributed by atoms with Crippen LogP contribution in [-0.4, -0.2) is 52.0 Å². The molecule has 0 radical (unpaired) electrons. The summed E-state index contributed by atoms with van der Waals surface area (Å²) in [5.41, 5.74) is -1.48. The number of quaternary nitrogens is 2. The van der Waals surface area contributed by atoms with Gasteiger partial charge < -0.3 is 28.8 Å². The third-order valence-corrected chi connectivity index (χ3v) is 6.66. The van der Waals surface area contributed by atoms with E-state index in [0.717, 1.165) is 37.6 Å². The Bertz CT molecular complexity index is 1280. The second-order valence-corrected chi connectivity index (χ2v) is 8.67. The summed E-state index contributed by atoms with van der Waals surface area (Å²) in [6.45, 7) is 6.85. The van der Waals surface area contributed by atoms with Crippen LogP contribution in [0.2, 0.25) is 0 Å². The highest BCUT2D eigenvalue weighted by Gasteiger charge is 2.40. The Morgan fingerprint density at radius 3 is 2.26 bits per heavy atom. The quantitative estimate of drug-likeness (QED) is 0.484. The molecule has 3 N–H and O–H groups in total. The Balaban J connectivity index is 1.89. The highest BCUT2D eigenvalue weighted by atomic mass is 19.4. The maximum Gasteiger partial charge on any atom is 0.450 e. The minimum Gasteiger partial charge on any atom is -0.507 e. The first-order valence-electron chi connectivity index (χ1n) is 11.5. The van der Waals surface area contributed by atoms with E-state index in [2.05, 4.69) is 6.92 Å². The van der Waals surface area contributed by atoms with Crippen LogP contribution in [-0.2, 0) is 12.7 Å². The number of likely N-dealkylation sites (N-methyl/N-ethyl adjacent to an activating group) is 1. The van der Waals surface area contributed by atoms with Crippen LogP contribution >= 0.6 is 0 Å². The van der Waals surface area contributed by atoms with E-state index < -0.39 is 22.9 Å². The van der Waals surface area contributed by atoms with Crippen LogP contribution in [0.5, 0.6) is 17.2 Å². The molecule has 7 nitrogen and oxygen atoms in total. The number of methoxy groups -OCH3 is 2. The number of ether oxygens (including phenoxy) is 2. The van der Waals surface area contributed by atoms with E-state index in [-0.39, 0.29) is 40.1 Å². The van der Waals surface area contributed by atoms with Gasteiger partial charge in [0.1, 0.15) is 38.5 Å². The molecular formula is C25H29F3N2O5+2. The lowest BCUT2D eigenvalue weighted by Gasteiger charge is -2.29. The minimum atomic E-state index is -4.94. The van der Waals surface area contributed by atoms with E-state index in [9.17, 15) is 23.1 Å². The van der Waals surface area contributed by atoms with Gasteiger partial charge >= 0.3 is 6.18 Å². The average Bonchev–Trinajstić information content (AvgIpc) is 2.85. The molecule has 1 fully saturated rings. The lowest BCUT2D eigenvalue weighted by Crippen LogP contribution is -3.27. The number of benzene rings is 2. The molecule has 1 aliphatic heterocycles. The highest BCUT2D eigenvalue weighted by Crippen LogP contribution is 2.40. The molecular weight excluding hydrogens is 465 g/mol.